The van der Waals surface area contributed by atoms with E-state index in [1.807, 2.05) is 36.4 Å². The first-order valence-electron chi connectivity index (χ1n) is 5.28. The van der Waals surface area contributed by atoms with Gasteiger partial charge < -0.3 is 5.32 Å². The zero-order chi connectivity index (χ0) is 10.7. The van der Waals surface area contributed by atoms with Crippen LogP contribution in [0, 0.1) is 5.92 Å². The van der Waals surface area contributed by atoms with Crippen molar-refractivity contribution in [1.82, 2.24) is 5.32 Å². The van der Waals surface area contributed by atoms with Crippen molar-refractivity contribution in [3.63, 3.8) is 0 Å². The summed E-state index contributed by atoms with van der Waals surface area (Å²) in [6.45, 7) is 3.83. The minimum absolute atomic E-state index is 0.102. The number of hydrogen-bond donors (Lipinski definition) is 1. The predicted molar refractivity (Wildman–Crippen MR) is 60.2 cm³/mol. The Morgan fingerprint density at radius 1 is 1.33 bits per heavy atom. The lowest BCUT2D eigenvalue weighted by Crippen LogP contribution is -2.37. The normalized spacial score (nSPS) is 25.7. The Labute approximate surface area is 90.0 Å². The van der Waals surface area contributed by atoms with E-state index in [2.05, 4.69) is 11.9 Å². The quantitative estimate of drug-likeness (QED) is 0.731. The van der Waals surface area contributed by atoms with Gasteiger partial charge >= 0.3 is 0 Å². The van der Waals surface area contributed by atoms with Crippen molar-refractivity contribution in [3.8, 4) is 0 Å². The molecule has 78 valence electrons. The second kappa shape index (κ2) is 4.30. The predicted octanol–water partition coefficient (Wildman–Crippen LogP) is 2.44. The first-order chi connectivity index (χ1) is 7.31. The summed E-state index contributed by atoms with van der Waals surface area (Å²) in [5.41, 5.74) is 1.16. The lowest BCUT2D eigenvalue weighted by molar-refractivity contribution is -0.124. The Balaban J connectivity index is 2.24. The fourth-order valence-electron chi connectivity index (χ4n) is 2.06. The number of rotatable bonds is 2. The maximum absolute atomic E-state index is 11.4. The monoisotopic (exact) mass is 201 g/mol. The van der Waals surface area contributed by atoms with Gasteiger partial charge in [0.15, 0.2) is 0 Å². The first-order valence-corrected chi connectivity index (χ1v) is 5.28. The number of amides is 1. The highest BCUT2D eigenvalue weighted by Gasteiger charge is 2.27. The van der Waals surface area contributed by atoms with Crippen LogP contribution in [0.2, 0.25) is 0 Å². The van der Waals surface area contributed by atoms with Crippen LogP contribution in [0.15, 0.2) is 43.0 Å². The van der Waals surface area contributed by atoms with Crippen LogP contribution in [0.5, 0.6) is 0 Å². The van der Waals surface area contributed by atoms with E-state index in [1.165, 1.54) is 0 Å². The SMILES string of the molecule is C=C[C@@H]1CCC(=O)N[C@H]1c1ccccc1. The van der Waals surface area contributed by atoms with E-state index in [1.54, 1.807) is 0 Å². The lowest BCUT2D eigenvalue weighted by atomic mass is 9.86. The smallest absolute Gasteiger partial charge is 0.220 e. The molecule has 1 fully saturated rings. The van der Waals surface area contributed by atoms with Gasteiger partial charge in [0.25, 0.3) is 0 Å². The van der Waals surface area contributed by atoms with Gasteiger partial charge in [0.05, 0.1) is 6.04 Å². The van der Waals surface area contributed by atoms with Crippen LogP contribution in [0.1, 0.15) is 24.4 Å². The Bertz CT molecular complexity index is 358. The van der Waals surface area contributed by atoms with E-state index < -0.39 is 0 Å². The third kappa shape index (κ3) is 2.09. The molecule has 0 bridgehead atoms. The van der Waals surface area contributed by atoms with E-state index in [9.17, 15) is 4.79 Å². The molecular weight excluding hydrogens is 186 g/mol. The number of nitrogens with one attached hydrogen (secondary N) is 1. The molecule has 0 spiro atoms. The molecule has 1 heterocycles. The van der Waals surface area contributed by atoms with E-state index in [4.69, 9.17) is 0 Å². The summed E-state index contributed by atoms with van der Waals surface area (Å²) in [7, 11) is 0. The van der Waals surface area contributed by atoms with Crippen LogP contribution in [-0.4, -0.2) is 5.91 Å². The summed E-state index contributed by atoms with van der Waals surface area (Å²) in [6, 6.07) is 10.2. The Morgan fingerprint density at radius 3 is 2.73 bits per heavy atom. The molecule has 0 saturated carbocycles. The molecule has 0 unspecified atom stereocenters. The molecule has 1 aliphatic heterocycles. The maximum atomic E-state index is 11.4. The van der Waals surface area contributed by atoms with Crippen LogP contribution in [0.3, 0.4) is 0 Å². The zero-order valence-corrected chi connectivity index (χ0v) is 8.65. The molecule has 15 heavy (non-hydrogen) atoms. The molecule has 0 aromatic heterocycles. The molecule has 1 amide bonds. The Kier molecular flexibility index (Phi) is 2.86. The van der Waals surface area contributed by atoms with Crippen molar-refractivity contribution in [2.75, 3.05) is 0 Å². The van der Waals surface area contributed by atoms with Gasteiger partial charge in [0, 0.05) is 12.3 Å². The molecule has 1 aromatic rings. The topological polar surface area (TPSA) is 29.1 Å². The van der Waals surface area contributed by atoms with Crippen molar-refractivity contribution in [2.24, 2.45) is 5.92 Å². The number of carbonyl (C=O) groups is 1. The van der Waals surface area contributed by atoms with Crippen molar-refractivity contribution in [1.29, 1.82) is 0 Å². The van der Waals surface area contributed by atoms with Crippen molar-refractivity contribution in [3.05, 3.63) is 48.6 Å². The second-order valence-corrected chi connectivity index (χ2v) is 3.89. The summed E-state index contributed by atoms with van der Waals surface area (Å²) in [5, 5.41) is 3.02. The molecule has 0 radical (unpaired) electrons. The average Bonchev–Trinajstić information content (AvgIpc) is 2.30. The van der Waals surface area contributed by atoms with Crippen molar-refractivity contribution < 1.29 is 4.79 Å². The molecule has 1 saturated heterocycles. The van der Waals surface area contributed by atoms with E-state index in [0.717, 1.165) is 12.0 Å². The minimum Gasteiger partial charge on any atom is -0.349 e. The summed E-state index contributed by atoms with van der Waals surface area (Å²) < 4.78 is 0. The molecule has 2 rings (SSSR count). The largest absolute Gasteiger partial charge is 0.349 e. The van der Waals surface area contributed by atoms with Crippen LogP contribution < -0.4 is 5.32 Å². The van der Waals surface area contributed by atoms with Crippen molar-refractivity contribution in [2.45, 2.75) is 18.9 Å². The van der Waals surface area contributed by atoms with Crippen LogP contribution in [0.4, 0.5) is 0 Å². The van der Waals surface area contributed by atoms with Gasteiger partial charge in [-0.3, -0.25) is 4.79 Å². The fraction of sp³-hybridized carbons (Fsp3) is 0.308. The summed E-state index contributed by atoms with van der Waals surface area (Å²) in [6.07, 6.45) is 3.45. The van der Waals surface area contributed by atoms with E-state index in [0.29, 0.717) is 12.3 Å². The number of hydrogen-bond acceptors (Lipinski definition) is 1. The third-order valence-corrected chi connectivity index (χ3v) is 2.91. The highest BCUT2D eigenvalue weighted by molar-refractivity contribution is 5.77. The molecule has 1 aliphatic rings. The third-order valence-electron chi connectivity index (χ3n) is 2.91. The van der Waals surface area contributed by atoms with Crippen molar-refractivity contribution >= 4 is 5.91 Å². The van der Waals surface area contributed by atoms with Gasteiger partial charge in [-0.25, -0.2) is 0 Å². The molecule has 2 nitrogen and oxygen atoms in total. The standard InChI is InChI=1S/C13H15NO/c1-2-10-8-9-12(15)14-13(10)11-6-4-3-5-7-11/h2-7,10,13H,1,8-9H2,(H,14,15)/t10-,13-/m1/s1. The number of benzene rings is 1. The van der Waals surface area contributed by atoms with Gasteiger partial charge in [-0.05, 0) is 12.0 Å². The minimum atomic E-state index is 0.102. The van der Waals surface area contributed by atoms with Gasteiger partial charge in [-0.2, -0.15) is 0 Å². The Hall–Kier alpha value is -1.57. The van der Waals surface area contributed by atoms with E-state index in [-0.39, 0.29) is 11.9 Å². The molecular formula is C13H15NO. The van der Waals surface area contributed by atoms with Gasteiger partial charge in [0.2, 0.25) is 5.91 Å². The number of carbonyl (C=O) groups excluding carboxylic acids is 1. The summed E-state index contributed by atoms with van der Waals surface area (Å²) in [4.78, 5) is 11.4. The second-order valence-electron chi connectivity index (χ2n) is 3.89. The summed E-state index contributed by atoms with van der Waals surface area (Å²) >= 11 is 0. The van der Waals surface area contributed by atoms with Crippen LogP contribution >= 0.6 is 0 Å². The van der Waals surface area contributed by atoms with Crippen LogP contribution in [-0.2, 0) is 4.79 Å². The van der Waals surface area contributed by atoms with Gasteiger partial charge in [-0.15, -0.1) is 6.58 Å². The highest BCUT2D eigenvalue weighted by Crippen LogP contribution is 2.30. The summed E-state index contributed by atoms with van der Waals surface area (Å²) in [5.74, 6) is 0.493. The Morgan fingerprint density at radius 2 is 2.07 bits per heavy atom. The molecule has 0 aliphatic carbocycles. The molecule has 1 aromatic carbocycles. The van der Waals surface area contributed by atoms with Gasteiger partial charge in [-0.1, -0.05) is 36.4 Å². The first kappa shape index (κ1) is 9.97. The molecule has 2 heteroatoms. The fourth-order valence-corrected chi connectivity index (χ4v) is 2.06. The molecule has 2 atom stereocenters. The van der Waals surface area contributed by atoms with E-state index >= 15 is 0 Å². The maximum Gasteiger partial charge on any atom is 0.220 e. The average molecular weight is 201 g/mol. The lowest BCUT2D eigenvalue weighted by Gasteiger charge is -2.30. The van der Waals surface area contributed by atoms with Gasteiger partial charge in [0.1, 0.15) is 0 Å². The number of piperidine rings is 1. The zero-order valence-electron chi connectivity index (χ0n) is 8.65. The molecule has 1 N–H and O–H groups in total. The highest BCUT2D eigenvalue weighted by atomic mass is 16.1. The van der Waals surface area contributed by atoms with Crippen LogP contribution in [0.25, 0.3) is 0 Å².